The number of nitrogens with one attached hydrogen (secondary N) is 1. The molecule has 1 aliphatic heterocycles. The fraction of sp³-hybridized carbons (Fsp3) is 0.333. The van der Waals surface area contributed by atoms with Gasteiger partial charge in [-0.2, -0.15) is 0 Å². The van der Waals surface area contributed by atoms with Crippen LogP contribution >= 0.6 is 0 Å². The number of nitrogens with zero attached hydrogens (tertiary/aromatic N) is 1. The monoisotopic (exact) mass is 368 g/mol. The lowest BCUT2D eigenvalue weighted by atomic mass is 10.1. The molecule has 0 radical (unpaired) electrons. The Morgan fingerprint density at radius 3 is 2.41 bits per heavy atom. The molecule has 1 saturated heterocycles. The second kappa shape index (κ2) is 9.07. The van der Waals surface area contributed by atoms with E-state index in [4.69, 9.17) is 9.47 Å². The molecule has 0 saturated carbocycles. The topological polar surface area (TPSA) is 67.9 Å². The largest absolute Gasteiger partial charge is 0.494 e. The maximum atomic E-state index is 12.2. The lowest BCUT2D eigenvalue weighted by Gasteiger charge is -2.17. The van der Waals surface area contributed by atoms with E-state index in [0.717, 1.165) is 11.4 Å². The number of hydrogen-bond donors (Lipinski definition) is 1. The van der Waals surface area contributed by atoms with Crippen molar-refractivity contribution in [2.24, 2.45) is 5.92 Å². The highest BCUT2D eigenvalue weighted by molar-refractivity contribution is 5.95. The molecule has 6 heteroatoms. The van der Waals surface area contributed by atoms with E-state index in [1.54, 1.807) is 29.2 Å². The summed E-state index contributed by atoms with van der Waals surface area (Å²) in [5.74, 6) is 1.37. The van der Waals surface area contributed by atoms with Gasteiger partial charge >= 0.3 is 0 Å². The predicted molar refractivity (Wildman–Crippen MR) is 103 cm³/mol. The van der Waals surface area contributed by atoms with Gasteiger partial charge in [0.25, 0.3) is 5.91 Å². The number of carbonyl (C=O) groups is 2. The van der Waals surface area contributed by atoms with Gasteiger partial charge in [-0.25, -0.2) is 0 Å². The molecule has 1 unspecified atom stereocenters. The van der Waals surface area contributed by atoms with Gasteiger partial charge in [0, 0.05) is 31.1 Å². The quantitative estimate of drug-likeness (QED) is 0.778. The Labute approximate surface area is 159 Å². The molecule has 142 valence electrons. The first-order valence-electron chi connectivity index (χ1n) is 9.13. The van der Waals surface area contributed by atoms with Crippen molar-refractivity contribution >= 4 is 17.5 Å². The van der Waals surface area contributed by atoms with Crippen LogP contribution in [0.2, 0.25) is 0 Å². The maximum absolute atomic E-state index is 12.2. The maximum Gasteiger partial charge on any atom is 0.257 e. The van der Waals surface area contributed by atoms with Crippen molar-refractivity contribution in [3.8, 4) is 11.5 Å². The summed E-state index contributed by atoms with van der Waals surface area (Å²) in [6, 6.07) is 16.7. The Hall–Kier alpha value is -3.02. The molecule has 0 aromatic heterocycles. The van der Waals surface area contributed by atoms with Crippen LogP contribution in [0.4, 0.5) is 5.69 Å². The summed E-state index contributed by atoms with van der Waals surface area (Å²) < 4.78 is 10.8. The summed E-state index contributed by atoms with van der Waals surface area (Å²) in [6.07, 6.45) is 0.439. The van der Waals surface area contributed by atoms with Gasteiger partial charge in [-0.05, 0) is 43.3 Å². The Kier molecular flexibility index (Phi) is 6.30. The minimum Gasteiger partial charge on any atom is -0.494 e. The number of anilines is 1. The van der Waals surface area contributed by atoms with Crippen LogP contribution in [0.25, 0.3) is 0 Å². The van der Waals surface area contributed by atoms with E-state index in [1.165, 1.54) is 0 Å². The van der Waals surface area contributed by atoms with Crippen LogP contribution in [0.1, 0.15) is 13.3 Å². The highest BCUT2D eigenvalue weighted by atomic mass is 16.5. The van der Waals surface area contributed by atoms with E-state index < -0.39 is 0 Å². The van der Waals surface area contributed by atoms with Gasteiger partial charge in [0.1, 0.15) is 11.5 Å². The number of hydrogen-bond acceptors (Lipinski definition) is 4. The van der Waals surface area contributed by atoms with Crippen LogP contribution < -0.4 is 19.7 Å². The Balaban J connectivity index is 1.41. The van der Waals surface area contributed by atoms with Crippen LogP contribution in [0.15, 0.2) is 54.6 Å². The third kappa shape index (κ3) is 5.23. The van der Waals surface area contributed by atoms with E-state index >= 15 is 0 Å². The summed E-state index contributed by atoms with van der Waals surface area (Å²) >= 11 is 0. The minimum atomic E-state index is -0.200. The molecule has 1 heterocycles. The fourth-order valence-corrected chi connectivity index (χ4v) is 3.03. The highest BCUT2D eigenvalue weighted by Gasteiger charge is 2.30. The Morgan fingerprint density at radius 2 is 1.74 bits per heavy atom. The van der Waals surface area contributed by atoms with Crippen molar-refractivity contribution < 1.29 is 19.1 Å². The molecule has 1 N–H and O–H groups in total. The molecule has 1 aliphatic rings. The van der Waals surface area contributed by atoms with Gasteiger partial charge in [0.05, 0.1) is 6.61 Å². The van der Waals surface area contributed by atoms with Crippen molar-refractivity contribution in [2.45, 2.75) is 13.3 Å². The Bertz CT molecular complexity index is 762. The second-order valence-electron chi connectivity index (χ2n) is 6.41. The average Bonchev–Trinajstić information content (AvgIpc) is 3.07. The number of carbonyl (C=O) groups excluding carboxylic acids is 2. The summed E-state index contributed by atoms with van der Waals surface area (Å²) in [4.78, 5) is 26.0. The van der Waals surface area contributed by atoms with E-state index in [0.29, 0.717) is 31.9 Å². The number of rotatable bonds is 8. The van der Waals surface area contributed by atoms with Crippen LogP contribution in [0, 0.1) is 5.92 Å². The third-order valence-electron chi connectivity index (χ3n) is 4.37. The minimum absolute atomic E-state index is 0.0585. The molecule has 0 spiro atoms. The van der Waals surface area contributed by atoms with E-state index in [1.807, 2.05) is 37.3 Å². The van der Waals surface area contributed by atoms with Crippen LogP contribution in [-0.4, -0.2) is 38.1 Å². The number of ether oxygens (including phenoxy) is 2. The molecule has 0 aliphatic carbocycles. The standard InChI is InChI=1S/C21H24N2O4/c1-2-26-18-8-10-19(11-9-18)27-15-20(24)22-13-16-12-21(25)23(14-16)17-6-4-3-5-7-17/h3-11,16H,2,12-15H2,1H3,(H,22,24). The zero-order chi connectivity index (χ0) is 19.1. The molecule has 1 atom stereocenters. The summed E-state index contributed by atoms with van der Waals surface area (Å²) in [5, 5.41) is 2.85. The smallest absolute Gasteiger partial charge is 0.257 e. The number of para-hydroxylation sites is 1. The first kappa shape index (κ1) is 18.8. The molecule has 1 fully saturated rings. The van der Waals surface area contributed by atoms with Crippen molar-refractivity contribution in [3.63, 3.8) is 0 Å². The van der Waals surface area contributed by atoms with Crippen LogP contribution in [0.5, 0.6) is 11.5 Å². The lowest BCUT2D eigenvalue weighted by Crippen LogP contribution is -2.34. The van der Waals surface area contributed by atoms with Crippen molar-refractivity contribution in [1.29, 1.82) is 0 Å². The molecule has 2 aromatic rings. The van der Waals surface area contributed by atoms with Crippen LogP contribution in [0.3, 0.4) is 0 Å². The van der Waals surface area contributed by atoms with Gasteiger partial charge < -0.3 is 19.7 Å². The van der Waals surface area contributed by atoms with E-state index in [2.05, 4.69) is 5.32 Å². The lowest BCUT2D eigenvalue weighted by molar-refractivity contribution is -0.123. The molecular formula is C21H24N2O4. The average molecular weight is 368 g/mol. The van der Waals surface area contributed by atoms with Gasteiger partial charge in [0.2, 0.25) is 5.91 Å². The summed E-state index contributed by atoms with van der Waals surface area (Å²) in [6.45, 7) is 3.54. The Morgan fingerprint density at radius 1 is 1.07 bits per heavy atom. The van der Waals surface area contributed by atoms with Gasteiger partial charge in [-0.15, -0.1) is 0 Å². The summed E-state index contributed by atoms with van der Waals surface area (Å²) in [7, 11) is 0. The number of amides is 2. The normalized spacial score (nSPS) is 16.3. The SMILES string of the molecule is CCOc1ccc(OCC(=O)NCC2CC(=O)N(c3ccccc3)C2)cc1. The van der Waals surface area contributed by atoms with Crippen molar-refractivity contribution in [3.05, 3.63) is 54.6 Å². The second-order valence-corrected chi connectivity index (χ2v) is 6.41. The molecule has 0 bridgehead atoms. The third-order valence-corrected chi connectivity index (χ3v) is 4.37. The molecule has 2 amide bonds. The van der Waals surface area contributed by atoms with E-state index in [-0.39, 0.29) is 24.3 Å². The zero-order valence-corrected chi connectivity index (χ0v) is 15.4. The van der Waals surface area contributed by atoms with Gasteiger partial charge in [-0.3, -0.25) is 9.59 Å². The molecule has 3 rings (SSSR count). The van der Waals surface area contributed by atoms with E-state index in [9.17, 15) is 9.59 Å². The fourth-order valence-electron chi connectivity index (χ4n) is 3.03. The highest BCUT2D eigenvalue weighted by Crippen LogP contribution is 2.24. The summed E-state index contributed by atoms with van der Waals surface area (Å²) in [5.41, 5.74) is 0.898. The molecular weight excluding hydrogens is 344 g/mol. The van der Waals surface area contributed by atoms with Gasteiger partial charge in [-0.1, -0.05) is 18.2 Å². The van der Waals surface area contributed by atoms with Crippen LogP contribution in [-0.2, 0) is 9.59 Å². The molecule has 27 heavy (non-hydrogen) atoms. The molecule has 2 aromatic carbocycles. The number of benzene rings is 2. The zero-order valence-electron chi connectivity index (χ0n) is 15.4. The predicted octanol–water partition coefficient (Wildman–Crippen LogP) is 2.63. The van der Waals surface area contributed by atoms with Crippen molar-refractivity contribution in [2.75, 3.05) is 31.2 Å². The first-order chi connectivity index (χ1) is 13.2. The molecule has 6 nitrogen and oxygen atoms in total. The van der Waals surface area contributed by atoms with Gasteiger partial charge in [0.15, 0.2) is 6.61 Å². The first-order valence-corrected chi connectivity index (χ1v) is 9.13. The van der Waals surface area contributed by atoms with Crippen molar-refractivity contribution in [1.82, 2.24) is 5.32 Å².